The van der Waals surface area contributed by atoms with Crippen molar-refractivity contribution >= 4 is 53.0 Å². The van der Waals surface area contributed by atoms with E-state index < -0.39 is 39.8 Å². The number of ether oxygens (including phenoxy) is 3. The molecule has 0 aromatic rings. The van der Waals surface area contributed by atoms with Crippen LogP contribution < -0.4 is 5.32 Å². The molecule has 1 atom stereocenters. The average molecular weight is 460 g/mol. The number of rotatable bonds is 6. The van der Waals surface area contributed by atoms with Crippen molar-refractivity contribution in [3.63, 3.8) is 0 Å². The monoisotopic (exact) mass is 458 g/mol. The summed E-state index contributed by atoms with van der Waals surface area (Å²) in [6, 6.07) is 0. The molecule has 0 saturated heterocycles. The summed E-state index contributed by atoms with van der Waals surface area (Å²) >= 11 is 16.8. The summed E-state index contributed by atoms with van der Waals surface area (Å²) in [6.07, 6.45) is 1.67. The zero-order valence-corrected chi connectivity index (χ0v) is 18.5. The Kier molecular flexibility index (Phi) is 8.71. The van der Waals surface area contributed by atoms with E-state index in [9.17, 15) is 14.4 Å². The van der Waals surface area contributed by atoms with Gasteiger partial charge in [-0.2, -0.15) is 0 Å². The molecule has 0 aliphatic carbocycles. The van der Waals surface area contributed by atoms with E-state index in [1.54, 1.807) is 39.8 Å². The predicted octanol–water partition coefficient (Wildman–Crippen LogP) is 3.93. The number of carbonyl (C=O) groups is 3. The van der Waals surface area contributed by atoms with Crippen LogP contribution in [0.15, 0.2) is 12.2 Å². The van der Waals surface area contributed by atoms with Gasteiger partial charge in [-0.1, -0.05) is 40.9 Å². The zero-order chi connectivity index (χ0) is 21.6. The van der Waals surface area contributed by atoms with Gasteiger partial charge < -0.3 is 14.2 Å². The first-order valence-electron chi connectivity index (χ1n) is 8.63. The van der Waals surface area contributed by atoms with Gasteiger partial charge in [-0.15, -0.1) is 0 Å². The molecule has 1 unspecified atom stereocenters. The predicted molar refractivity (Wildman–Crippen MR) is 105 cm³/mol. The molecule has 0 spiro atoms. The van der Waals surface area contributed by atoms with Crippen LogP contribution in [0.4, 0.5) is 9.59 Å². The SMILES string of the molecule is CCOC(=O)CCC1(NC(=O)OCC(Cl)(Cl)Cl)C=CCN1C(=O)OC(C)(C)C. The number of nitrogens with zero attached hydrogens (tertiary/aromatic N) is 1. The highest BCUT2D eigenvalue weighted by molar-refractivity contribution is 6.67. The summed E-state index contributed by atoms with van der Waals surface area (Å²) in [4.78, 5) is 38.0. The van der Waals surface area contributed by atoms with Gasteiger partial charge in [0.2, 0.25) is 3.79 Å². The second-order valence-corrected chi connectivity index (χ2v) is 9.55. The third kappa shape index (κ3) is 8.32. The number of alkyl halides is 3. The Balaban J connectivity index is 2.99. The number of alkyl carbamates (subject to hydrolysis) is 1. The maximum Gasteiger partial charge on any atom is 0.412 e. The van der Waals surface area contributed by atoms with Gasteiger partial charge >= 0.3 is 18.2 Å². The molecule has 0 saturated carbocycles. The van der Waals surface area contributed by atoms with Gasteiger partial charge in [-0.25, -0.2) is 9.59 Å². The first-order valence-corrected chi connectivity index (χ1v) is 9.77. The van der Waals surface area contributed by atoms with Crippen molar-refractivity contribution in [1.82, 2.24) is 10.2 Å². The highest BCUT2D eigenvalue weighted by Gasteiger charge is 2.44. The molecule has 1 aliphatic heterocycles. The number of amides is 2. The lowest BCUT2D eigenvalue weighted by Gasteiger charge is -2.38. The fourth-order valence-electron chi connectivity index (χ4n) is 2.44. The fraction of sp³-hybridized carbons (Fsp3) is 0.706. The Morgan fingerprint density at radius 1 is 1.18 bits per heavy atom. The molecule has 0 aromatic heterocycles. The first-order chi connectivity index (χ1) is 12.8. The second-order valence-electron chi connectivity index (χ2n) is 7.04. The maximum atomic E-state index is 12.6. The smallest absolute Gasteiger partial charge is 0.412 e. The highest BCUT2D eigenvalue weighted by atomic mass is 35.6. The van der Waals surface area contributed by atoms with Crippen LogP contribution in [0.25, 0.3) is 0 Å². The number of hydrogen-bond donors (Lipinski definition) is 1. The van der Waals surface area contributed by atoms with Gasteiger partial charge in [-0.3, -0.25) is 15.0 Å². The third-order valence-corrected chi connectivity index (χ3v) is 3.81. The Morgan fingerprint density at radius 2 is 1.82 bits per heavy atom. The van der Waals surface area contributed by atoms with Crippen LogP contribution in [-0.4, -0.2) is 57.9 Å². The molecule has 1 aliphatic rings. The summed E-state index contributed by atoms with van der Waals surface area (Å²) in [5, 5.41) is 2.57. The quantitative estimate of drug-likeness (QED) is 0.280. The molecule has 1 rings (SSSR count). The summed E-state index contributed by atoms with van der Waals surface area (Å²) in [7, 11) is 0. The molecule has 1 N–H and O–H groups in total. The summed E-state index contributed by atoms with van der Waals surface area (Å²) in [5.41, 5.74) is -2.09. The van der Waals surface area contributed by atoms with Crippen molar-refractivity contribution in [3.05, 3.63) is 12.2 Å². The normalized spacial score (nSPS) is 19.3. The highest BCUT2D eigenvalue weighted by Crippen LogP contribution is 2.29. The number of esters is 1. The Morgan fingerprint density at radius 3 is 2.36 bits per heavy atom. The van der Waals surface area contributed by atoms with Gasteiger partial charge in [0.25, 0.3) is 0 Å². The number of carbonyl (C=O) groups excluding carboxylic acids is 3. The van der Waals surface area contributed by atoms with Crippen LogP contribution in [-0.2, 0) is 19.0 Å². The number of halogens is 3. The minimum atomic E-state index is -1.79. The Labute approximate surface area is 179 Å². The van der Waals surface area contributed by atoms with Crippen molar-refractivity contribution in [2.75, 3.05) is 19.8 Å². The molecule has 0 radical (unpaired) electrons. The van der Waals surface area contributed by atoms with Crippen LogP contribution >= 0.6 is 34.8 Å². The molecule has 8 nitrogen and oxygen atoms in total. The van der Waals surface area contributed by atoms with Crippen molar-refractivity contribution in [2.24, 2.45) is 0 Å². The van der Waals surface area contributed by atoms with Crippen LogP contribution in [0.5, 0.6) is 0 Å². The molecule has 11 heteroatoms. The minimum Gasteiger partial charge on any atom is -0.466 e. The van der Waals surface area contributed by atoms with Crippen LogP contribution in [0.1, 0.15) is 40.5 Å². The topological polar surface area (TPSA) is 94.2 Å². The molecule has 0 bridgehead atoms. The van der Waals surface area contributed by atoms with Crippen LogP contribution in [0.3, 0.4) is 0 Å². The second kappa shape index (κ2) is 9.89. The van der Waals surface area contributed by atoms with Gasteiger partial charge in [0.15, 0.2) is 0 Å². The standard InChI is InChI=1S/C17H25Cl3N2O6/c1-5-26-12(23)7-9-16(21-13(24)27-11-17(18,19)20)8-6-10-22(16)14(25)28-15(2,3)4/h6,8H,5,7,9-11H2,1-4H3,(H,21,24). The van der Waals surface area contributed by atoms with Gasteiger partial charge in [-0.05, 0) is 33.8 Å². The molecule has 28 heavy (non-hydrogen) atoms. The lowest BCUT2D eigenvalue weighted by atomic mass is 10.0. The van der Waals surface area contributed by atoms with Gasteiger partial charge in [0.05, 0.1) is 6.61 Å². The van der Waals surface area contributed by atoms with Crippen molar-refractivity contribution in [1.29, 1.82) is 0 Å². The Bertz CT molecular complexity index is 615. The van der Waals surface area contributed by atoms with Crippen molar-refractivity contribution < 1.29 is 28.6 Å². The van der Waals surface area contributed by atoms with Crippen molar-refractivity contribution in [2.45, 2.75) is 55.6 Å². The molecule has 0 fully saturated rings. The number of hydrogen-bond acceptors (Lipinski definition) is 6. The first kappa shape index (κ1) is 24.7. The van der Waals surface area contributed by atoms with E-state index in [-0.39, 0.29) is 26.0 Å². The third-order valence-electron chi connectivity index (χ3n) is 3.48. The molecule has 160 valence electrons. The average Bonchev–Trinajstić information content (AvgIpc) is 2.93. The molecule has 1 heterocycles. The van der Waals surface area contributed by atoms with E-state index in [4.69, 9.17) is 49.0 Å². The lowest BCUT2D eigenvalue weighted by molar-refractivity contribution is -0.143. The van der Waals surface area contributed by atoms with E-state index in [2.05, 4.69) is 5.32 Å². The van der Waals surface area contributed by atoms with Crippen LogP contribution in [0, 0.1) is 0 Å². The zero-order valence-electron chi connectivity index (χ0n) is 16.2. The van der Waals surface area contributed by atoms with E-state index in [0.717, 1.165) is 0 Å². The van der Waals surface area contributed by atoms with E-state index >= 15 is 0 Å². The molecule has 0 aromatic carbocycles. The summed E-state index contributed by atoms with van der Waals surface area (Å²) in [5.74, 6) is -0.470. The largest absolute Gasteiger partial charge is 0.466 e. The summed E-state index contributed by atoms with van der Waals surface area (Å²) < 4.78 is 13.4. The van der Waals surface area contributed by atoms with Gasteiger partial charge in [0.1, 0.15) is 17.9 Å². The lowest BCUT2D eigenvalue weighted by Crippen LogP contribution is -2.60. The van der Waals surface area contributed by atoms with E-state index in [1.807, 2.05) is 0 Å². The van der Waals surface area contributed by atoms with Crippen molar-refractivity contribution in [3.8, 4) is 0 Å². The van der Waals surface area contributed by atoms with E-state index in [0.29, 0.717) is 0 Å². The Hall–Kier alpha value is -1.38. The van der Waals surface area contributed by atoms with Gasteiger partial charge in [0, 0.05) is 19.4 Å². The summed E-state index contributed by atoms with van der Waals surface area (Å²) in [6.45, 7) is 6.74. The maximum absolute atomic E-state index is 12.6. The molecular formula is C17H25Cl3N2O6. The van der Waals surface area contributed by atoms with Crippen LogP contribution in [0.2, 0.25) is 0 Å². The number of nitrogens with one attached hydrogen (secondary N) is 1. The van der Waals surface area contributed by atoms with E-state index in [1.165, 1.54) is 4.90 Å². The molecule has 2 amide bonds. The minimum absolute atomic E-state index is 0.0461. The fourth-order valence-corrected chi connectivity index (χ4v) is 2.60. The molecular weight excluding hydrogens is 435 g/mol.